The Labute approximate surface area is 137 Å². The Morgan fingerprint density at radius 3 is 2.82 bits per heavy atom. The van der Waals surface area contributed by atoms with Gasteiger partial charge in [0.25, 0.3) is 5.91 Å². The summed E-state index contributed by atoms with van der Waals surface area (Å²) in [6, 6.07) is 7.34. The number of hydrogen-bond acceptors (Lipinski definition) is 5. The molecule has 0 atom stereocenters. The number of amides is 1. The topological polar surface area (TPSA) is 71.5 Å². The molecule has 5 nitrogen and oxygen atoms in total. The summed E-state index contributed by atoms with van der Waals surface area (Å²) in [5, 5.41) is 14.5. The van der Waals surface area contributed by atoms with Gasteiger partial charge in [0.2, 0.25) is 0 Å². The lowest BCUT2D eigenvalue weighted by atomic mass is 10.2. The van der Waals surface area contributed by atoms with Gasteiger partial charge in [0.05, 0.1) is 13.2 Å². The van der Waals surface area contributed by atoms with Gasteiger partial charge in [-0.1, -0.05) is 23.7 Å². The number of halogens is 1. The third kappa shape index (κ3) is 5.06. The van der Waals surface area contributed by atoms with Crippen LogP contribution in [0.5, 0.6) is 0 Å². The van der Waals surface area contributed by atoms with Crippen LogP contribution in [0, 0.1) is 0 Å². The highest BCUT2D eigenvalue weighted by Gasteiger charge is 2.11. The molecule has 22 heavy (non-hydrogen) atoms. The summed E-state index contributed by atoms with van der Waals surface area (Å²) in [5.41, 5.74) is 1.34. The molecule has 0 spiro atoms. The molecule has 1 aromatic carbocycles. The fourth-order valence-corrected chi connectivity index (χ4v) is 2.67. The number of hydrogen-bond donors (Lipinski definition) is 2. The number of aliphatic hydroxyl groups is 1. The van der Waals surface area contributed by atoms with Crippen molar-refractivity contribution in [1.82, 2.24) is 10.3 Å². The van der Waals surface area contributed by atoms with Crippen LogP contribution in [-0.2, 0) is 4.74 Å². The van der Waals surface area contributed by atoms with E-state index in [0.29, 0.717) is 36.9 Å². The van der Waals surface area contributed by atoms with E-state index in [2.05, 4.69) is 10.3 Å². The summed E-state index contributed by atoms with van der Waals surface area (Å²) in [6.07, 6.45) is 0.694. The highest BCUT2D eigenvalue weighted by molar-refractivity contribution is 7.13. The molecule has 2 N–H and O–H groups in total. The first-order valence-corrected chi connectivity index (χ1v) is 8.14. The number of carbonyl (C=O) groups excluding carboxylic acids is 1. The third-order valence-corrected chi connectivity index (χ3v) is 3.96. The maximum absolute atomic E-state index is 12.0. The molecule has 7 heteroatoms. The Morgan fingerprint density at radius 2 is 2.09 bits per heavy atom. The maximum atomic E-state index is 12.0. The monoisotopic (exact) mass is 340 g/mol. The average Bonchev–Trinajstić information content (AvgIpc) is 3.01. The van der Waals surface area contributed by atoms with Gasteiger partial charge >= 0.3 is 0 Å². The first kappa shape index (κ1) is 16.9. The SMILES string of the molecule is O=C(NCCCOCCO)c1csc(-c2ccc(Cl)cc2)n1. The van der Waals surface area contributed by atoms with Crippen LogP contribution < -0.4 is 5.32 Å². The van der Waals surface area contributed by atoms with E-state index in [1.807, 2.05) is 12.1 Å². The van der Waals surface area contributed by atoms with E-state index in [9.17, 15) is 4.79 Å². The number of aromatic nitrogens is 1. The van der Waals surface area contributed by atoms with Crippen molar-refractivity contribution in [3.63, 3.8) is 0 Å². The smallest absolute Gasteiger partial charge is 0.270 e. The van der Waals surface area contributed by atoms with E-state index in [-0.39, 0.29) is 12.5 Å². The van der Waals surface area contributed by atoms with Crippen LogP contribution in [0.25, 0.3) is 10.6 Å². The van der Waals surface area contributed by atoms with Crippen LogP contribution in [0.3, 0.4) is 0 Å². The minimum atomic E-state index is -0.196. The molecule has 0 saturated carbocycles. The number of nitrogens with zero attached hydrogens (tertiary/aromatic N) is 1. The molecule has 0 aliphatic rings. The molecule has 0 bridgehead atoms. The molecule has 0 fully saturated rings. The Bertz CT molecular complexity index is 601. The van der Waals surface area contributed by atoms with Crippen molar-refractivity contribution in [3.05, 3.63) is 40.4 Å². The van der Waals surface area contributed by atoms with Crippen LogP contribution in [0.1, 0.15) is 16.9 Å². The second-order valence-corrected chi connectivity index (χ2v) is 5.78. The van der Waals surface area contributed by atoms with Crippen molar-refractivity contribution in [1.29, 1.82) is 0 Å². The largest absolute Gasteiger partial charge is 0.394 e. The normalized spacial score (nSPS) is 10.6. The maximum Gasteiger partial charge on any atom is 0.270 e. The standard InChI is InChI=1S/C15H17ClN2O3S/c16-12-4-2-11(3-5-12)15-18-13(10-22-15)14(20)17-6-1-8-21-9-7-19/h2-5,10,19H,1,6-9H2,(H,17,20). The molecule has 2 rings (SSSR count). The number of aliphatic hydroxyl groups excluding tert-OH is 1. The van der Waals surface area contributed by atoms with E-state index < -0.39 is 0 Å². The summed E-state index contributed by atoms with van der Waals surface area (Å²) in [7, 11) is 0. The zero-order valence-electron chi connectivity index (χ0n) is 11.9. The van der Waals surface area contributed by atoms with Crippen LogP contribution in [-0.4, -0.2) is 42.4 Å². The molecule has 0 unspecified atom stereocenters. The number of carbonyl (C=O) groups is 1. The molecule has 1 heterocycles. The van der Waals surface area contributed by atoms with Crippen LogP contribution in [0.15, 0.2) is 29.6 Å². The van der Waals surface area contributed by atoms with Crippen LogP contribution >= 0.6 is 22.9 Å². The van der Waals surface area contributed by atoms with Crippen LogP contribution in [0.4, 0.5) is 0 Å². The number of benzene rings is 1. The minimum Gasteiger partial charge on any atom is -0.394 e. The summed E-state index contributed by atoms with van der Waals surface area (Å²) in [4.78, 5) is 16.3. The van der Waals surface area contributed by atoms with Gasteiger partial charge in [0.1, 0.15) is 10.7 Å². The first-order valence-electron chi connectivity index (χ1n) is 6.89. The molecular formula is C15H17ClN2O3S. The number of ether oxygens (including phenoxy) is 1. The molecular weight excluding hydrogens is 324 g/mol. The number of nitrogens with one attached hydrogen (secondary N) is 1. The second kappa shape index (κ2) is 8.85. The molecule has 0 saturated heterocycles. The molecule has 0 radical (unpaired) electrons. The summed E-state index contributed by atoms with van der Waals surface area (Å²) < 4.78 is 5.12. The van der Waals surface area contributed by atoms with E-state index in [1.54, 1.807) is 17.5 Å². The summed E-state index contributed by atoms with van der Waals surface area (Å²) >= 11 is 7.27. The second-order valence-electron chi connectivity index (χ2n) is 4.49. The van der Waals surface area contributed by atoms with Gasteiger partial charge in [-0.15, -0.1) is 11.3 Å². The highest BCUT2D eigenvalue weighted by Crippen LogP contribution is 2.25. The summed E-state index contributed by atoms with van der Waals surface area (Å²) in [5.74, 6) is -0.196. The van der Waals surface area contributed by atoms with E-state index in [1.165, 1.54) is 11.3 Å². The van der Waals surface area contributed by atoms with Gasteiger partial charge in [-0.3, -0.25) is 4.79 Å². The highest BCUT2D eigenvalue weighted by atomic mass is 35.5. The van der Waals surface area contributed by atoms with Crippen molar-refractivity contribution < 1.29 is 14.6 Å². The first-order chi connectivity index (χ1) is 10.7. The number of rotatable bonds is 8. The van der Waals surface area contributed by atoms with Crippen LogP contribution in [0.2, 0.25) is 5.02 Å². The number of thiazole rings is 1. The van der Waals surface area contributed by atoms with E-state index in [4.69, 9.17) is 21.4 Å². The predicted octanol–water partition coefficient (Wildman–Crippen LogP) is 2.59. The Hall–Kier alpha value is -1.47. The Morgan fingerprint density at radius 1 is 1.32 bits per heavy atom. The van der Waals surface area contributed by atoms with Crippen molar-refractivity contribution in [2.45, 2.75) is 6.42 Å². The van der Waals surface area contributed by atoms with Gasteiger partial charge in [-0.25, -0.2) is 4.98 Å². The van der Waals surface area contributed by atoms with E-state index >= 15 is 0 Å². The fraction of sp³-hybridized carbons (Fsp3) is 0.333. The molecule has 118 valence electrons. The summed E-state index contributed by atoms with van der Waals surface area (Å²) in [6.45, 7) is 1.36. The molecule has 1 amide bonds. The molecule has 0 aliphatic carbocycles. The quantitative estimate of drug-likeness (QED) is 0.725. The van der Waals surface area contributed by atoms with Crippen molar-refractivity contribution in [3.8, 4) is 10.6 Å². The van der Waals surface area contributed by atoms with Crippen molar-refractivity contribution >= 4 is 28.8 Å². The van der Waals surface area contributed by atoms with Gasteiger partial charge in [0, 0.05) is 29.1 Å². The lowest BCUT2D eigenvalue weighted by Crippen LogP contribution is -2.25. The zero-order chi connectivity index (χ0) is 15.8. The predicted molar refractivity (Wildman–Crippen MR) is 87.4 cm³/mol. The Kier molecular flexibility index (Phi) is 6.79. The Balaban J connectivity index is 1.83. The zero-order valence-corrected chi connectivity index (χ0v) is 13.5. The van der Waals surface area contributed by atoms with Crippen molar-refractivity contribution in [2.75, 3.05) is 26.4 Å². The van der Waals surface area contributed by atoms with Gasteiger partial charge in [0.15, 0.2) is 0 Å². The fourth-order valence-electron chi connectivity index (χ4n) is 1.74. The van der Waals surface area contributed by atoms with Crippen molar-refractivity contribution in [2.24, 2.45) is 0 Å². The molecule has 1 aromatic heterocycles. The molecule has 0 aliphatic heterocycles. The molecule has 2 aromatic rings. The average molecular weight is 341 g/mol. The lowest BCUT2D eigenvalue weighted by molar-refractivity contribution is 0.0866. The van der Waals surface area contributed by atoms with Gasteiger partial charge < -0.3 is 15.2 Å². The lowest BCUT2D eigenvalue weighted by Gasteiger charge is -2.03. The minimum absolute atomic E-state index is 0.0126. The third-order valence-electron chi connectivity index (χ3n) is 2.81. The van der Waals surface area contributed by atoms with Gasteiger partial charge in [-0.2, -0.15) is 0 Å². The van der Waals surface area contributed by atoms with Gasteiger partial charge in [-0.05, 0) is 18.6 Å². The van der Waals surface area contributed by atoms with E-state index in [0.717, 1.165) is 10.6 Å².